The van der Waals surface area contributed by atoms with Gasteiger partial charge in [-0.2, -0.15) is 0 Å². The van der Waals surface area contributed by atoms with Crippen LogP contribution in [-0.2, 0) is 12.0 Å². The molecule has 2 N–H and O–H groups in total. The van der Waals surface area contributed by atoms with Crippen molar-refractivity contribution in [1.29, 1.82) is 0 Å². The van der Waals surface area contributed by atoms with E-state index >= 15 is 0 Å². The Kier molecular flexibility index (Phi) is 4.84. The molecule has 1 aliphatic heterocycles. The lowest BCUT2D eigenvalue weighted by Crippen LogP contribution is -2.38. The van der Waals surface area contributed by atoms with Gasteiger partial charge >= 0.3 is 0 Å². The number of thioether (sulfide) groups is 1. The minimum Gasteiger partial charge on any atom is -0.378 e. The number of hydrogen-bond acceptors (Lipinski definition) is 6. The monoisotopic (exact) mass is 372 g/mol. The van der Waals surface area contributed by atoms with E-state index in [0.29, 0.717) is 5.17 Å². The van der Waals surface area contributed by atoms with Crippen molar-refractivity contribution in [3.05, 3.63) is 59.4 Å². The number of pyridine rings is 2. The zero-order valence-electron chi connectivity index (χ0n) is 15.0. The van der Waals surface area contributed by atoms with Gasteiger partial charge in [0.1, 0.15) is 11.2 Å². The molecule has 136 valence electrons. The smallest absolute Gasteiger partial charge is 0.188 e. The fraction of sp³-hybridized carbons (Fsp3) is 0.368. The molecule has 0 saturated carbocycles. The highest BCUT2D eigenvalue weighted by Crippen LogP contribution is 2.44. The standard InChI is InChI=1S/C19H21FN4OS/c1-18(2)11-19(3,24-17(21)26-18)15-10-12(6-8-22-15)9-14(25)16-13(20)5-4-7-23-16/h4-8,10H,9,11H2,1-3H3,(H2,21,24)/t19-/m0/s1. The Balaban J connectivity index is 1.88. The first-order valence-corrected chi connectivity index (χ1v) is 9.14. The summed E-state index contributed by atoms with van der Waals surface area (Å²) in [6.07, 6.45) is 3.88. The van der Waals surface area contributed by atoms with Gasteiger partial charge in [0.05, 0.1) is 5.69 Å². The van der Waals surface area contributed by atoms with E-state index in [-0.39, 0.29) is 22.6 Å². The van der Waals surface area contributed by atoms with Crippen LogP contribution in [0.25, 0.3) is 0 Å². The fourth-order valence-corrected chi connectivity index (χ4v) is 4.51. The highest BCUT2D eigenvalue weighted by atomic mass is 32.2. The molecule has 0 amide bonds. The van der Waals surface area contributed by atoms with Gasteiger partial charge in [0.25, 0.3) is 0 Å². The maximum absolute atomic E-state index is 13.8. The van der Waals surface area contributed by atoms with E-state index in [1.54, 1.807) is 24.0 Å². The second kappa shape index (κ2) is 6.79. The molecular formula is C19H21FN4OS. The van der Waals surface area contributed by atoms with Crippen LogP contribution in [0.5, 0.6) is 0 Å². The van der Waals surface area contributed by atoms with E-state index in [4.69, 9.17) is 5.73 Å². The molecule has 0 unspecified atom stereocenters. The van der Waals surface area contributed by atoms with Crippen LogP contribution in [0.2, 0.25) is 0 Å². The first-order chi connectivity index (χ1) is 12.2. The molecule has 3 heterocycles. The van der Waals surface area contributed by atoms with Crippen LogP contribution in [-0.4, -0.2) is 25.7 Å². The number of aliphatic imine (C=N–C) groups is 1. The number of carbonyl (C=O) groups excluding carboxylic acids is 1. The van der Waals surface area contributed by atoms with Gasteiger partial charge in [0.15, 0.2) is 16.8 Å². The Bertz CT molecular complexity index is 883. The van der Waals surface area contributed by atoms with Crippen molar-refractivity contribution in [2.45, 2.75) is 43.9 Å². The number of Topliss-reactive ketones (excluding diaryl/α,β-unsaturated/α-hetero) is 1. The van der Waals surface area contributed by atoms with Gasteiger partial charge < -0.3 is 5.73 Å². The maximum atomic E-state index is 13.8. The van der Waals surface area contributed by atoms with Crippen molar-refractivity contribution in [2.75, 3.05) is 0 Å². The summed E-state index contributed by atoms with van der Waals surface area (Å²) in [4.78, 5) is 25.3. The molecule has 5 nitrogen and oxygen atoms in total. The summed E-state index contributed by atoms with van der Waals surface area (Å²) in [5, 5.41) is 0.530. The Morgan fingerprint density at radius 2 is 2.04 bits per heavy atom. The molecule has 0 radical (unpaired) electrons. The van der Waals surface area contributed by atoms with E-state index in [9.17, 15) is 9.18 Å². The van der Waals surface area contributed by atoms with Crippen LogP contribution in [0.3, 0.4) is 0 Å². The number of nitrogens with zero attached hydrogens (tertiary/aromatic N) is 3. The van der Waals surface area contributed by atoms with Crippen LogP contribution >= 0.6 is 11.8 Å². The van der Waals surface area contributed by atoms with Crippen molar-refractivity contribution in [2.24, 2.45) is 10.7 Å². The van der Waals surface area contributed by atoms with E-state index in [1.807, 2.05) is 13.0 Å². The Morgan fingerprint density at radius 3 is 2.73 bits per heavy atom. The third-order valence-corrected chi connectivity index (χ3v) is 5.27. The molecule has 0 aromatic carbocycles. The molecule has 0 saturated heterocycles. The zero-order chi connectivity index (χ0) is 18.9. The normalized spacial score (nSPS) is 21.9. The number of aromatic nitrogens is 2. The first kappa shape index (κ1) is 18.5. The van der Waals surface area contributed by atoms with Gasteiger partial charge in [0, 0.05) is 23.6 Å². The Morgan fingerprint density at radius 1 is 1.27 bits per heavy atom. The second-order valence-corrected chi connectivity index (χ2v) is 8.97. The predicted molar refractivity (Wildman–Crippen MR) is 102 cm³/mol. The van der Waals surface area contributed by atoms with Gasteiger partial charge in [0.2, 0.25) is 0 Å². The summed E-state index contributed by atoms with van der Waals surface area (Å²) in [6.45, 7) is 6.23. The summed E-state index contributed by atoms with van der Waals surface area (Å²) in [5.41, 5.74) is 6.81. The van der Waals surface area contributed by atoms with E-state index in [0.717, 1.165) is 17.7 Å². The van der Waals surface area contributed by atoms with Gasteiger partial charge in [-0.05, 0) is 43.2 Å². The molecule has 0 fully saturated rings. The van der Waals surface area contributed by atoms with Crippen LogP contribution in [0, 0.1) is 5.82 Å². The number of halogens is 1. The van der Waals surface area contributed by atoms with Crippen LogP contribution < -0.4 is 5.73 Å². The molecule has 2 aromatic heterocycles. The number of ketones is 1. The van der Waals surface area contributed by atoms with Crippen molar-refractivity contribution in [3.8, 4) is 0 Å². The largest absolute Gasteiger partial charge is 0.378 e. The first-order valence-electron chi connectivity index (χ1n) is 8.32. The summed E-state index contributed by atoms with van der Waals surface area (Å²) in [5.74, 6) is -0.977. The van der Waals surface area contributed by atoms with Gasteiger partial charge in [-0.15, -0.1) is 0 Å². The lowest BCUT2D eigenvalue weighted by atomic mass is 9.86. The minimum atomic E-state index is -0.609. The number of hydrogen-bond donors (Lipinski definition) is 1. The SMILES string of the molecule is CC1(C)C[C@@](C)(c2cc(CC(=O)c3ncccc3F)ccn2)N=C(N)S1. The summed E-state index contributed by atoms with van der Waals surface area (Å²) >= 11 is 1.55. The predicted octanol–water partition coefficient (Wildman–Crippen LogP) is 3.49. The van der Waals surface area contributed by atoms with E-state index < -0.39 is 11.4 Å². The van der Waals surface area contributed by atoms with Gasteiger partial charge in [-0.25, -0.2) is 9.38 Å². The summed E-state index contributed by atoms with van der Waals surface area (Å²) < 4.78 is 13.7. The molecule has 1 atom stereocenters. The number of carbonyl (C=O) groups is 1. The molecule has 7 heteroatoms. The molecule has 0 aliphatic carbocycles. The minimum absolute atomic E-state index is 0.0525. The topological polar surface area (TPSA) is 81.2 Å². The quantitative estimate of drug-likeness (QED) is 0.831. The number of amidine groups is 1. The third-order valence-electron chi connectivity index (χ3n) is 4.27. The maximum Gasteiger partial charge on any atom is 0.188 e. The average molecular weight is 372 g/mol. The van der Waals surface area contributed by atoms with Crippen molar-refractivity contribution in [1.82, 2.24) is 9.97 Å². The zero-order valence-corrected chi connectivity index (χ0v) is 15.8. The number of nitrogens with two attached hydrogens (primary N) is 1. The highest BCUT2D eigenvalue weighted by Gasteiger charge is 2.40. The van der Waals surface area contributed by atoms with Crippen LogP contribution in [0.15, 0.2) is 41.7 Å². The third kappa shape index (κ3) is 3.93. The summed E-state index contributed by atoms with van der Waals surface area (Å²) in [6, 6.07) is 6.30. The molecule has 0 spiro atoms. The molecular weight excluding hydrogens is 351 g/mol. The van der Waals surface area contributed by atoms with Crippen molar-refractivity contribution >= 4 is 22.7 Å². The molecule has 0 bridgehead atoms. The van der Waals surface area contributed by atoms with Gasteiger partial charge in [-0.1, -0.05) is 25.6 Å². The van der Waals surface area contributed by atoms with Crippen LogP contribution in [0.1, 0.15) is 48.9 Å². The fourth-order valence-electron chi connectivity index (χ4n) is 3.34. The Labute approximate surface area is 156 Å². The van der Waals surface area contributed by atoms with Crippen molar-refractivity contribution in [3.63, 3.8) is 0 Å². The van der Waals surface area contributed by atoms with Crippen molar-refractivity contribution < 1.29 is 9.18 Å². The van der Waals surface area contributed by atoms with E-state index in [1.165, 1.54) is 18.3 Å². The lowest BCUT2D eigenvalue weighted by molar-refractivity contribution is 0.0984. The van der Waals surface area contributed by atoms with Crippen LogP contribution in [0.4, 0.5) is 4.39 Å². The Hall–Kier alpha value is -2.28. The summed E-state index contributed by atoms with van der Waals surface area (Å²) in [7, 11) is 0. The second-order valence-electron chi connectivity index (χ2n) is 7.25. The molecule has 1 aliphatic rings. The van der Waals surface area contributed by atoms with E-state index in [2.05, 4.69) is 28.8 Å². The lowest BCUT2D eigenvalue weighted by Gasteiger charge is -2.38. The average Bonchev–Trinajstić information content (AvgIpc) is 2.53. The van der Waals surface area contributed by atoms with Gasteiger partial charge in [-0.3, -0.25) is 14.8 Å². The highest BCUT2D eigenvalue weighted by molar-refractivity contribution is 8.15. The molecule has 26 heavy (non-hydrogen) atoms. The molecule has 3 rings (SSSR count). The number of rotatable bonds is 4. The molecule has 2 aromatic rings.